The molecular weight excluding hydrogens is 854 g/mol. The number of aliphatic hydroxyl groups is 1. The van der Waals surface area contributed by atoms with Crippen molar-refractivity contribution in [3.05, 3.63) is 83.2 Å². The van der Waals surface area contributed by atoms with E-state index in [-0.39, 0.29) is 15.5 Å². The highest BCUT2D eigenvalue weighted by atomic mass is 32.2. The first-order chi connectivity index (χ1) is 25.7. The Hall–Kier alpha value is -4.60. The van der Waals surface area contributed by atoms with Crippen LogP contribution in [0.25, 0.3) is 0 Å². The Morgan fingerprint density at radius 3 is 1.55 bits per heavy atom. The minimum Gasteiger partial charge on any atom is -0.391 e. The molecule has 5 N–H and O–H groups in total. The van der Waals surface area contributed by atoms with E-state index in [4.69, 9.17) is 15.8 Å². The molecule has 1 aromatic heterocycles. The summed E-state index contributed by atoms with van der Waals surface area (Å²) in [5.41, 5.74) is -1.26. The highest BCUT2D eigenvalue weighted by Crippen LogP contribution is 2.33. The van der Waals surface area contributed by atoms with E-state index < -0.39 is 95.0 Å². The van der Waals surface area contributed by atoms with Crippen LogP contribution in [0.3, 0.4) is 0 Å². The molecule has 0 aliphatic carbocycles. The first-order valence-corrected chi connectivity index (χ1v) is 22.6. The number of pyridine rings is 1. The van der Waals surface area contributed by atoms with Crippen molar-refractivity contribution in [3.63, 3.8) is 0 Å². The molecule has 0 saturated carbocycles. The number of aromatic nitrogens is 1. The van der Waals surface area contributed by atoms with Crippen molar-refractivity contribution in [2.75, 3.05) is 39.7 Å². The van der Waals surface area contributed by atoms with Gasteiger partial charge in [-0.1, -0.05) is 0 Å². The number of rotatable bonds is 8. The minimum absolute atomic E-state index is 0.0500. The summed E-state index contributed by atoms with van der Waals surface area (Å²) < 4.78 is 157. The van der Waals surface area contributed by atoms with Crippen LogP contribution in [0.2, 0.25) is 0 Å². The summed E-state index contributed by atoms with van der Waals surface area (Å²) >= 11 is 0. The lowest BCUT2D eigenvalue weighted by Crippen LogP contribution is -2.39. The Morgan fingerprint density at radius 2 is 1.18 bits per heavy atom. The second-order valence-electron chi connectivity index (χ2n) is 10.5. The van der Waals surface area contributed by atoms with Gasteiger partial charge < -0.3 is 5.11 Å². The standard InChI is InChI=1S/C9H7F3N2O2S.C8H8N2O2S.C7H7N3O2S.C5H11NO5S2/c1-14-17(15,16)7-3-2-6(5-13)8(4-7)9(10,11)12;1-10-13(11,12)8-4-2-7(6-9)3-5-8;1-9-13(11,12)7-3-2-6(4-8)10-5-7;1-6-13(10,11)5-3-12(8,9)2-4(5)7/h2-4,14H,1H3;2-5,10H,1H3;2-3,5,9H,1H3;4-7H,2-3H2,1H3. The van der Waals surface area contributed by atoms with Crippen molar-refractivity contribution in [3.8, 4) is 18.2 Å². The van der Waals surface area contributed by atoms with Gasteiger partial charge in [0.2, 0.25) is 40.1 Å². The smallest absolute Gasteiger partial charge is 0.391 e. The summed E-state index contributed by atoms with van der Waals surface area (Å²) in [5.74, 6) is -0.976. The van der Waals surface area contributed by atoms with Gasteiger partial charge in [-0.05, 0) is 82.8 Å². The highest BCUT2D eigenvalue weighted by molar-refractivity contribution is 7.95. The maximum absolute atomic E-state index is 12.5. The molecule has 2 unspecified atom stereocenters. The van der Waals surface area contributed by atoms with E-state index in [0.717, 1.165) is 25.4 Å². The molecule has 2 heterocycles. The second kappa shape index (κ2) is 20.0. The molecule has 0 amide bonds. The molecule has 1 saturated heterocycles. The van der Waals surface area contributed by atoms with Crippen molar-refractivity contribution in [1.29, 1.82) is 15.8 Å². The van der Waals surface area contributed by atoms with Crippen LogP contribution in [-0.2, 0) is 56.1 Å². The summed E-state index contributed by atoms with van der Waals surface area (Å²) in [7, 11) is -13.0. The fourth-order valence-electron chi connectivity index (χ4n) is 3.93. The molecule has 0 spiro atoms. The summed E-state index contributed by atoms with van der Waals surface area (Å²) in [5, 5.41) is 33.4. The van der Waals surface area contributed by atoms with E-state index in [2.05, 4.69) is 14.4 Å². The number of halogens is 3. The van der Waals surface area contributed by atoms with Gasteiger partial charge in [0.15, 0.2) is 9.84 Å². The largest absolute Gasteiger partial charge is 0.417 e. The summed E-state index contributed by atoms with van der Waals surface area (Å²) in [4.78, 5) is 3.31. The molecule has 27 heteroatoms. The average molecular weight is 887 g/mol. The van der Waals surface area contributed by atoms with Gasteiger partial charge in [-0.15, -0.1) is 0 Å². The van der Waals surface area contributed by atoms with Crippen LogP contribution in [0.1, 0.15) is 22.4 Å². The molecule has 306 valence electrons. The Morgan fingerprint density at radius 1 is 0.696 bits per heavy atom. The Bertz CT molecular complexity index is 2450. The van der Waals surface area contributed by atoms with Crippen LogP contribution < -0.4 is 18.9 Å². The van der Waals surface area contributed by atoms with Gasteiger partial charge in [0.05, 0.1) is 56.2 Å². The number of nitrogens with zero attached hydrogens (tertiary/aromatic N) is 4. The molecule has 56 heavy (non-hydrogen) atoms. The third-order valence-electron chi connectivity index (χ3n) is 6.94. The zero-order valence-electron chi connectivity index (χ0n) is 29.3. The van der Waals surface area contributed by atoms with E-state index in [0.29, 0.717) is 11.6 Å². The van der Waals surface area contributed by atoms with Crippen LogP contribution in [-0.4, -0.2) is 103 Å². The van der Waals surface area contributed by atoms with Gasteiger partial charge in [-0.2, -0.15) is 29.0 Å². The van der Waals surface area contributed by atoms with Crippen molar-refractivity contribution < 1.29 is 60.4 Å². The Kier molecular flexibility index (Phi) is 17.7. The molecule has 1 aliphatic rings. The monoisotopic (exact) mass is 886 g/mol. The molecule has 3 aromatic rings. The topological polar surface area (TPSA) is 323 Å². The van der Waals surface area contributed by atoms with Crippen molar-refractivity contribution in [2.24, 2.45) is 0 Å². The maximum Gasteiger partial charge on any atom is 0.417 e. The zero-order valence-corrected chi connectivity index (χ0v) is 33.4. The number of sulfonamides is 4. The number of alkyl halides is 3. The van der Waals surface area contributed by atoms with E-state index in [9.17, 15) is 60.4 Å². The molecule has 0 radical (unpaired) electrons. The van der Waals surface area contributed by atoms with Gasteiger partial charge in [-0.25, -0.2) is 66.0 Å². The lowest BCUT2D eigenvalue weighted by Gasteiger charge is -2.11. The van der Waals surface area contributed by atoms with E-state index in [1.807, 2.05) is 15.5 Å². The zero-order chi connectivity index (χ0) is 43.3. The van der Waals surface area contributed by atoms with Crippen molar-refractivity contribution in [1.82, 2.24) is 23.9 Å². The number of sulfone groups is 1. The molecular formula is C29H33F3N8O11S5. The highest BCUT2D eigenvalue weighted by Gasteiger charge is 2.44. The fourth-order valence-corrected chi connectivity index (χ4v) is 9.98. The molecule has 2 atom stereocenters. The quantitative estimate of drug-likeness (QED) is 0.191. The summed E-state index contributed by atoms with van der Waals surface area (Å²) in [6.45, 7) is 0. The summed E-state index contributed by atoms with van der Waals surface area (Å²) in [6.07, 6.45) is -4.95. The number of nitrogens with one attached hydrogen (secondary N) is 4. The summed E-state index contributed by atoms with van der Waals surface area (Å²) in [6, 6.07) is 15.7. The first-order valence-electron chi connectivity index (χ1n) is 14.8. The third kappa shape index (κ3) is 14.2. The molecule has 0 bridgehead atoms. The normalized spacial score (nSPS) is 16.4. The van der Waals surface area contributed by atoms with Crippen LogP contribution >= 0.6 is 0 Å². The predicted molar refractivity (Wildman–Crippen MR) is 191 cm³/mol. The molecule has 2 aromatic carbocycles. The van der Waals surface area contributed by atoms with Crippen molar-refractivity contribution in [2.45, 2.75) is 32.2 Å². The number of benzene rings is 2. The molecule has 19 nitrogen and oxygen atoms in total. The molecule has 1 aliphatic heterocycles. The number of nitriles is 3. The van der Waals surface area contributed by atoms with Gasteiger partial charge in [0.25, 0.3) is 0 Å². The van der Waals surface area contributed by atoms with Crippen molar-refractivity contribution >= 4 is 49.9 Å². The van der Waals surface area contributed by atoms with Gasteiger partial charge in [0, 0.05) is 6.20 Å². The third-order valence-corrected chi connectivity index (χ3v) is 15.0. The maximum atomic E-state index is 12.5. The van der Waals surface area contributed by atoms with Crippen LogP contribution in [0.4, 0.5) is 13.2 Å². The van der Waals surface area contributed by atoms with E-state index in [1.165, 1.54) is 63.6 Å². The van der Waals surface area contributed by atoms with E-state index in [1.54, 1.807) is 6.07 Å². The second-order valence-corrected chi connectivity index (χ2v) is 20.4. The Labute approximate surface area is 321 Å². The minimum atomic E-state index is -4.77. The molecule has 4 rings (SSSR count). The number of aliphatic hydroxyl groups excluding tert-OH is 1. The lowest BCUT2D eigenvalue weighted by atomic mass is 10.1. The van der Waals surface area contributed by atoms with E-state index >= 15 is 0 Å². The van der Waals surface area contributed by atoms with Crippen LogP contribution in [0, 0.1) is 34.0 Å². The first kappa shape index (κ1) is 49.4. The van der Waals surface area contributed by atoms with Crippen LogP contribution in [0.5, 0.6) is 0 Å². The Balaban J connectivity index is 0.000000376. The fraction of sp³-hybridized carbons (Fsp3) is 0.310. The predicted octanol–water partition coefficient (Wildman–Crippen LogP) is -0.494. The SMILES string of the molecule is CNS(=O)(=O)C1CS(=O)(=O)CC1O.CNS(=O)(=O)c1ccc(C#N)c(C(F)(F)F)c1.CNS(=O)(=O)c1ccc(C#N)cc1.CNS(=O)(=O)c1ccc(C#N)nc1. The molecule has 1 fully saturated rings. The van der Waals surface area contributed by atoms with Crippen LogP contribution in [0.15, 0.2) is 75.5 Å². The number of hydrogen-bond donors (Lipinski definition) is 5. The van der Waals surface area contributed by atoms with Gasteiger partial charge >= 0.3 is 6.18 Å². The lowest BCUT2D eigenvalue weighted by molar-refractivity contribution is -0.137. The van der Waals surface area contributed by atoms with Gasteiger partial charge in [0.1, 0.15) is 21.9 Å². The number of hydrogen-bond acceptors (Lipinski definition) is 15. The average Bonchev–Trinajstić information content (AvgIpc) is 3.47. The van der Waals surface area contributed by atoms with Gasteiger partial charge in [-0.3, -0.25) is 0 Å².